The van der Waals surface area contributed by atoms with Crippen molar-refractivity contribution >= 4 is 17.3 Å². The Morgan fingerprint density at radius 3 is 2.79 bits per heavy atom. The molecule has 0 bridgehead atoms. The third kappa shape index (κ3) is 4.11. The molecule has 1 aromatic carbocycles. The van der Waals surface area contributed by atoms with Crippen molar-refractivity contribution in [1.29, 1.82) is 0 Å². The number of nitrogens with zero attached hydrogens (tertiary/aromatic N) is 3. The van der Waals surface area contributed by atoms with E-state index in [4.69, 9.17) is 21.7 Å². The van der Waals surface area contributed by atoms with E-state index in [-0.39, 0.29) is 18.2 Å². The fraction of sp³-hybridized carbons (Fsp3) is 0.385. The van der Waals surface area contributed by atoms with E-state index < -0.39 is 0 Å². The predicted octanol–water partition coefficient (Wildman–Crippen LogP) is 4.65. The normalized spacial score (nSPS) is 22.6. The summed E-state index contributed by atoms with van der Waals surface area (Å²) in [7, 11) is 1.70. The summed E-state index contributed by atoms with van der Waals surface area (Å²) < 4.78 is 13.7. The van der Waals surface area contributed by atoms with E-state index in [2.05, 4.69) is 57.9 Å². The van der Waals surface area contributed by atoms with Crippen molar-refractivity contribution < 1.29 is 9.47 Å². The van der Waals surface area contributed by atoms with Gasteiger partial charge in [-0.15, -0.1) is 0 Å². The molecule has 1 N–H and O–H groups in total. The molecule has 2 saturated heterocycles. The van der Waals surface area contributed by atoms with E-state index in [0.29, 0.717) is 0 Å². The van der Waals surface area contributed by atoms with Crippen LogP contribution in [0, 0.1) is 13.8 Å². The first-order chi connectivity index (χ1) is 16.1. The smallest absolute Gasteiger partial charge is 0.170 e. The lowest BCUT2D eigenvalue weighted by molar-refractivity contribution is 0.0842. The minimum atomic E-state index is -0.0284. The molecule has 4 heterocycles. The Morgan fingerprint density at radius 2 is 2.06 bits per heavy atom. The van der Waals surface area contributed by atoms with Crippen LogP contribution in [-0.2, 0) is 4.74 Å². The van der Waals surface area contributed by atoms with Gasteiger partial charge in [0.15, 0.2) is 5.11 Å². The van der Waals surface area contributed by atoms with Crippen LogP contribution in [0.2, 0.25) is 0 Å². The minimum absolute atomic E-state index is 0.0284. The van der Waals surface area contributed by atoms with Gasteiger partial charge in [-0.1, -0.05) is 12.1 Å². The maximum atomic E-state index is 5.98. The van der Waals surface area contributed by atoms with Crippen molar-refractivity contribution in [3.05, 3.63) is 77.4 Å². The molecule has 0 spiro atoms. The van der Waals surface area contributed by atoms with Crippen LogP contribution in [-0.4, -0.2) is 45.9 Å². The van der Waals surface area contributed by atoms with Crippen LogP contribution in [0.25, 0.3) is 5.69 Å². The van der Waals surface area contributed by atoms with Gasteiger partial charge in [-0.2, -0.15) is 0 Å². The lowest BCUT2D eigenvalue weighted by Gasteiger charge is -2.30. The lowest BCUT2D eigenvalue weighted by Crippen LogP contribution is -2.36. The van der Waals surface area contributed by atoms with E-state index in [9.17, 15) is 0 Å². The number of pyridine rings is 1. The molecule has 2 aromatic heterocycles. The quantitative estimate of drug-likeness (QED) is 0.538. The fourth-order valence-electron chi connectivity index (χ4n) is 5.18. The Hall–Kier alpha value is -2.90. The van der Waals surface area contributed by atoms with Gasteiger partial charge in [0.05, 0.1) is 31.0 Å². The summed E-state index contributed by atoms with van der Waals surface area (Å²) in [4.78, 5) is 6.98. The molecule has 2 aliphatic heterocycles. The van der Waals surface area contributed by atoms with E-state index >= 15 is 0 Å². The number of hydrogen-bond donors (Lipinski definition) is 1. The Kier molecular flexibility index (Phi) is 6.08. The summed E-state index contributed by atoms with van der Waals surface area (Å²) in [6.07, 6.45) is 4.23. The zero-order valence-electron chi connectivity index (χ0n) is 19.3. The average Bonchev–Trinajstić information content (AvgIpc) is 3.53. The van der Waals surface area contributed by atoms with E-state index in [1.807, 2.05) is 30.5 Å². The Bertz CT molecular complexity index is 1140. The fourth-order valence-corrected chi connectivity index (χ4v) is 5.50. The van der Waals surface area contributed by atoms with Crippen LogP contribution in [0.15, 0.2) is 54.7 Å². The molecule has 0 aliphatic carbocycles. The molecule has 3 unspecified atom stereocenters. The number of aromatic nitrogens is 2. The number of thiocarbonyl (C=S) groups is 1. The highest BCUT2D eigenvalue weighted by molar-refractivity contribution is 7.80. The van der Waals surface area contributed by atoms with Crippen LogP contribution in [0.5, 0.6) is 5.75 Å². The highest BCUT2D eigenvalue weighted by atomic mass is 32.1. The Morgan fingerprint density at radius 1 is 1.18 bits per heavy atom. The zero-order chi connectivity index (χ0) is 22.9. The second-order valence-corrected chi connectivity index (χ2v) is 9.16. The molecule has 33 heavy (non-hydrogen) atoms. The minimum Gasteiger partial charge on any atom is -0.497 e. The van der Waals surface area contributed by atoms with Crippen LogP contribution in [0.1, 0.15) is 47.6 Å². The van der Waals surface area contributed by atoms with E-state index in [1.54, 1.807) is 7.11 Å². The summed E-state index contributed by atoms with van der Waals surface area (Å²) in [6.45, 7) is 5.94. The molecule has 172 valence electrons. The molecule has 0 amide bonds. The second-order valence-electron chi connectivity index (χ2n) is 8.78. The molecular formula is C26H30N4O2S. The van der Waals surface area contributed by atoms with Gasteiger partial charge < -0.3 is 24.3 Å². The van der Waals surface area contributed by atoms with Gasteiger partial charge in [0.1, 0.15) is 5.75 Å². The van der Waals surface area contributed by atoms with Crippen molar-refractivity contribution in [3.63, 3.8) is 0 Å². The van der Waals surface area contributed by atoms with Gasteiger partial charge in [-0.3, -0.25) is 4.98 Å². The van der Waals surface area contributed by atoms with E-state index in [1.165, 1.54) is 17.0 Å². The van der Waals surface area contributed by atoms with Crippen LogP contribution in [0.3, 0.4) is 0 Å². The molecule has 7 heteroatoms. The summed E-state index contributed by atoms with van der Waals surface area (Å²) in [5, 5.41) is 4.33. The third-order valence-corrected chi connectivity index (χ3v) is 7.07. The Balaban J connectivity index is 1.59. The number of rotatable bonds is 6. The summed E-state index contributed by atoms with van der Waals surface area (Å²) in [5.74, 6) is 0.844. The SMILES string of the molecule is COc1cccc(-n2c(C)cc(C3C(c4ccccn4)NC(=S)N3CC3CCCO3)c2C)c1. The molecule has 3 atom stereocenters. The predicted molar refractivity (Wildman–Crippen MR) is 133 cm³/mol. The average molecular weight is 463 g/mol. The first-order valence-corrected chi connectivity index (χ1v) is 11.9. The van der Waals surface area contributed by atoms with Crippen molar-refractivity contribution in [3.8, 4) is 11.4 Å². The number of aryl methyl sites for hydroxylation is 1. The summed E-state index contributed by atoms with van der Waals surface area (Å²) >= 11 is 5.85. The lowest BCUT2D eigenvalue weighted by atomic mass is 9.96. The molecule has 5 rings (SSSR count). The standard InChI is InChI=1S/C26H30N4O2S/c1-17-14-22(18(2)30(17)19-8-6-9-20(15-19)31-3)25-24(23-11-4-5-12-27-23)28-26(33)29(25)16-21-10-7-13-32-21/h4-6,8-9,11-12,14-15,21,24-25H,7,10,13,16H2,1-3H3,(H,28,33). The summed E-state index contributed by atoms with van der Waals surface area (Å²) in [5.41, 5.74) is 5.69. The van der Waals surface area contributed by atoms with E-state index in [0.717, 1.165) is 48.2 Å². The second kappa shape index (κ2) is 9.15. The van der Waals surface area contributed by atoms with Gasteiger partial charge in [0.2, 0.25) is 0 Å². The maximum absolute atomic E-state index is 5.98. The summed E-state index contributed by atoms with van der Waals surface area (Å²) in [6, 6.07) is 16.5. The van der Waals surface area contributed by atoms with Crippen molar-refractivity contribution in [2.45, 2.75) is 44.9 Å². The third-order valence-electron chi connectivity index (χ3n) is 6.72. The van der Waals surface area contributed by atoms with Crippen molar-refractivity contribution in [2.75, 3.05) is 20.3 Å². The first kappa shape index (κ1) is 21.9. The monoisotopic (exact) mass is 462 g/mol. The number of ether oxygens (including phenoxy) is 2. The number of benzene rings is 1. The number of nitrogens with one attached hydrogen (secondary N) is 1. The van der Waals surface area contributed by atoms with Crippen LogP contribution < -0.4 is 10.1 Å². The molecule has 6 nitrogen and oxygen atoms in total. The van der Waals surface area contributed by atoms with Gasteiger partial charge in [0, 0.05) is 42.5 Å². The Labute approximate surface area is 200 Å². The molecule has 0 saturated carbocycles. The number of methoxy groups -OCH3 is 1. The first-order valence-electron chi connectivity index (χ1n) is 11.5. The largest absolute Gasteiger partial charge is 0.497 e. The molecule has 0 radical (unpaired) electrons. The maximum Gasteiger partial charge on any atom is 0.170 e. The topological polar surface area (TPSA) is 51.5 Å². The van der Waals surface area contributed by atoms with Crippen molar-refractivity contribution in [1.82, 2.24) is 19.8 Å². The van der Waals surface area contributed by atoms with Gasteiger partial charge >= 0.3 is 0 Å². The van der Waals surface area contributed by atoms with Crippen LogP contribution >= 0.6 is 12.2 Å². The highest BCUT2D eigenvalue weighted by Crippen LogP contribution is 2.42. The van der Waals surface area contributed by atoms with Gasteiger partial charge in [0.25, 0.3) is 0 Å². The van der Waals surface area contributed by atoms with Gasteiger partial charge in [-0.25, -0.2) is 0 Å². The molecular weight excluding hydrogens is 432 g/mol. The van der Waals surface area contributed by atoms with Crippen molar-refractivity contribution in [2.24, 2.45) is 0 Å². The van der Waals surface area contributed by atoms with Gasteiger partial charge in [-0.05, 0) is 74.8 Å². The van der Waals surface area contributed by atoms with Crippen LogP contribution in [0.4, 0.5) is 0 Å². The molecule has 2 aliphatic rings. The highest BCUT2D eigenvalue weighted by Gasteiger charge is 2.42. The molecule has 3 aromatic rings. The zero-order valence-corrected chi connectivity index (χ0v) is 20.1. The molecule has 2 fully saturated rings. The number of hydrogen-bond acceptors (Lipinski definition) is 4.